The lowest BCUT2D eigenvalue weighted by molar-refractivity contribution is 0.0644. The predicted octanol–water partition coefficient (Wildman–Crippen LogP) is 5.06. The summed E-state index contributed by atoms with van der Waals surface area (Å²) in [5, 5.41) is 1.21. The number of carbonyl (C=O) groups is 2. The molecule has 3 heterocycles. The van der Waals surface area contributed by atoms with E-state index in [1.54, 1.807) is 35.6 Å². The summed E-state index contributed by atoms with van der Waals surface area (Å²) in [6.07, 6.45) is 1.09. The van der Waals surface area contributed by atoms with E-state index in [0.717, 1.165) is 44.0 Å². The topological polar surface area (TPSA) is 43.9 Å². The molecule has 0 aliphatic carbocycles. The molecule has 2 amide bonds. The number of hydrogen-bond donors (Lipinski definition) is 0. The number of piperazine rings is 1. The van der Waals surface area contributed by atoms with Gasteiger partial charge in [0.05, 0.1) is 17.7 Å². The highest BCUT2D eigenvalue weighted by Crippen LogP contribution is 2.35. The number of imide groups is 1. The summed E-state index contributed by atoms with van der Waals surface area (Å²) < 4.78 is 1.20. The van der Waals surface area contributed by atoms with Crippen molar-refractivity contribution in [2.24, 2.45) is 0 Å². The van der Waals surface area contributed by atoms with Crippen LogP contribution in [0.4, 0.5) is 5.69 Å². The highest BCUT2D eigenvalue weighted by molar-refractivity contribution is 7.19. The van der Waals surface area contributed by atoms with Crippen LogP contribution in [0.5, 0.6) is 0 Å². The molecule has 0 bridgehead atoms. The predicted molar refractivity (Wildman–Crippen MR) is 141 cm³/mol. The van der Waals surface area contributed by atoms with Gasteiger partial charge in [-0.25, -0.2) is 0 Å². The van der Waals surface area contributed by atoms with Crippen molar-refractivity contribution in [3.05, 3.63) is 100 Å². The quantitative estimate of drug-likeness (QED) is 0.361. The average Bonchev–Trinajstić information content (AvgIpc) is 3.43. The highest BCUT2D eigenvalue weighted by Gasteiger charge is 2.35. The minimum absolute atomic E-state index is 0.199. The fourth-order valence-electron chi connectivity index (χ4n) is 5.13. The summed E-state index contributed by atoms with van der Waals surface area (Å²) in [7, 11) is 0. The highest BCUT2D eigenvalue weighted by atomic mass is 32.1. The van der Waals surface area contributed by atoms with E-state index in [0.29, 0.717) is 17.7 Å². The summed E-state index contributed by atoms with van der Waals surface area (Å²) in [6, 6.07) is 26.4. The van der Waals surface area contributed by atoms with Gasteiger partial charge in [-0.1, -0.05) is 48.5 Å². The van der Waals surface area contributed by atoms with Crippen molar-refractivity contribution in [3.8, 4) is 0 Å². The Bertz CT molecular complexity index is 1350. The molecule has 0 N–H and O–H groups in total. The van der Waals surface area contributed by atoms with Gasteiger partial charge in [0.2, 0.25) is 0 Å². The largest absolute Gasteiger partial charge is 0.368 e. The third kappa shape index (κ3) is 4.24. The van der Waals surface area contributed by atoms with Crippen molar-refractivity contribution in [3.63, 3.8) is 0 Å². The van der Waals surface area contributed by atoms with Crippen LogP contribution in [0.1, 0.15) is 31.2 Å². The van der Waals surface area contributed by atoms with Crippen LogP contribution in [0, 0.1) is 0 Å². The van der Waals surface area contributed by atoms with Crippen molar-refractivity contribution >= 4 is 38.9 Å². The molecule has 0 saturated carbocycles. The van der Waals surface area contributed by atoms with Gasteiger partial charge in [-0.15, -0.1) is 11.3 Å². The van der Waals surface area contributed by atoms with Gasteiger partial charge >= 0.3 is 0 Å². The number of anilines is 1. The molecule has 1 fully saturated rings. The zero-order valence-corrected chi connectivity index (χ0v) is 20.3. The SMILES string of the molecule is O=C1c2ccccc2C(=O)N1Cc1cc2c(N3CCN(CCc4ccccc4)CC3)cccc2s1. The van der Waals surface area contributed by atoms with Crippen molar-refractivity contribution < 1.29 is 9.59 Å². The second-order valence-corrected chi connectivity index (χ2v) is 10.4. The first kappa shape index (κ1) is 22.0. The molecular weight excluding hydrogens is 454 g/mol. The van der Waals surface area contributed by atoms with Crippen molar-refractivity contribution in [1.29, 1.82) is 0 Å². The molecule has 176 valence electrons. The van der Waals surface area contributed by atoms with Crippen LogP contribution in [0.2, 0.25) is 0 Å². The molecule has 6 heteroatoms. The van der Waals surface area contributed by atoms with Crippen LogP contribution in [0.25, 0.3) is 10.1 Å². The third-order valence-corrected chi connectivity index (χ3v) is 8.14. The Labute approximate surface area is 209 Å². The molecule has 0 spiro atoms. The minimum atomic E-state index is -0.199. The maximum absolute atomic E-state index is 12.8. The molecule has 1 aromatic heterocycles. The molecule has 2 aliphatic rings. The molecule has 35 heavy (non-hydrogen) atoms. The lowest BCUT2D eigenvalue weighted by atomic mass is 10.1. The first-order valence-electron chi connectivity index (χ1n) is 12.2. The van der Waals surface area contributed by atoms with E-state index >= 15 is 0 Å². The minimum Gasteiger partial charge on any atom is -0.368 e. The van der Waals surface area contributed by atoms with Crippen LogP contribution in [0.15, 0.2) is 78.9 Å². The lowest BCUT2D eigenvalue weighted by Gasteiger charge is -2.36. The van der Waals surface area contributed by atoms with Gasteiger partial charge in [0.15, 0.2) is 0 Å². The number of benzene rings is 3. The fourth-order valence-corrected chi connectivity index (χ4v) is 6.21. The van der Waals surface area contributed by atoms with Gasteiger partial charge in [0.25, 0.3) is 11.8 Å². The van der Waals surface area contributed by atoms with Gasteiger partial charge in [-0.3, -0.25) is 19.4 Å². The van der Waals surface area contributed by atoms with E-state index in [2.05, 4.69) is 64.4 Å². The summed E-state index contributed by atoms with van der Waals surface area (Å²) >= 11 is 1.67. The normalized spacial score (nSPS) is 16.3. The summed E-state index contributed by atoms with van der Waals surface area (Å²) in [6.45, 7) is 5.50. The van der Waals surface area contributed by atoms with Crippen molar-refractivity contribution in [2.45, 2.75) is 13.0 Å². The van der Waals surface area contributed by atoms with E-state index < -0.39 is 0 Å². The van der Waals surface area contributed by atoms with Crippen molar-refractivity contribution in [1.82, 2.24) is 9.80 Å². The maximum atomic E-state index is 12.8. The van der Waals surface area contributed by atoms with Crippen LogP contribution < -0.4 is 4.90 Å². The number of rotatable bonds is 6. The molecule has 5 nitrogen and oxygen atoms in total. The summed E-state index contributed by atoms with van der Waals surface area (Å²) in [5.41, 5.74) is 3.65. The Kier molecular flexibility index (Phi) is 5.84. The van der Waals surface area contributed by atoms with E-state index in [1.807, 2.05) is 0 Å². The molecule has 3 aromatic carbocycles. The van der Waals surface area contributed by atoms with E-state index in [9.17, 15) is 9.59 Å². The molecular formula is C29H27N3O2S. The van der Waals surface area contributed by atoms with Crippen LogP contribution in [-0.4, -0.2) is 54.3 Å². The fraction of sp³-hybridized carbons (Fsp3) is 0.241. The molecule has 2 aliphatic heterocycles. The number of carbonyl (C=O) groups excluding carboxylic acids is 2. The first-order valence-corrected chi connectivity index (χ1v) is 13.0. The Balaban J connectivity index is 1.14. The van der Waals surface area contributed by atoms with Crippen LogP contribution in [-0.2, 0) is 13.0 Å². The van der Waals surface area contributed by atoms with E-state index in [-0.39, 0.29) is 11.8 Å². The van der Waals surface area contributed by atoms with E-state index in [1.165, 1.54) is 26.2 Å². The Morgan fingerprint density at radius 2 is 1.43 bits per heavy atom. The Hall–Kier alpha value is -3.48. The van der Waals surface area contributed by atoms with Gasteiger partial charge < -0.3 is 4.90 Å². The monoisotopic (exact) mass is 481 g/mol. The number of thiophene rings is 1. The number of nitrogens with zero attached hydrogens (tertiary/aromatic N) is 3. The Morgan fingerprint density at radius 1 is 0.743 bits per heavy atom. The van der Waals surface area contributed by atoms with Gasteiger partial charge in [-0.05, 0) is 42.3 Å². The Morgan fingerprint density at radius 3 is 2.14 bits per heavy atom. The molecule has 0 radical (unpaired) electrons. The molecule has 0 atom stereocenters. The van der Waals surface area contributed by atoms with Gasteiger partial charge in [0, 0.05) is 53.4 Å². The van der Waals surface area contributed by atoms with E-state index in [4.69, 9.17) is 0 Å². The van der Waals surface area contributed by atoms with Gasteiger partial charge in [0.1, 0.15) is 0 Å². The smallest absolute Gasteiger partial charge is 0.261 e. The molecule has 6 rings (SSSR count). The summed E-state index contributed by atoms with van der Waals surface area (Å²) in [4.78, 5) is 33.0. The maximum Gasteiger partial charge on any atom is 0.261 e. The lowest BCUT2D eigenvalue weighted by Crippen LogP contribution is -2.47. The standard InChI is InChI=1S/C29H27N3O2S/c33-28-23-9-4-5-10-24(23)29(34)32(28)20-22-19-25-26(11-6-12-27(25)35-22)31-17-15-30(16-18-31)14-13-21-7-2-1-3-8-21/h1-12,19H,13-18,20H2. The van der Waals surface area contributed by atoms with Crippen LogP contribution in [0.3, 0.4) is 0 Å². The second kappa shape index (κ2) is 9.29. The zero-order chi connectivity index (χ0) is 23.8. The molecule has 4 aromatic rings. The zero-order valence-electron chi connectivity index (χ0n) is 19.5. The van der Waals surface area contributed by atoms with Crippen molar-refractivity contribution in [2.75, 3.05) is 37.6 Å². The average molecular weight is 482 g/mol. The number of fused-ring (bicyclic) bond motifs is 2. The summed E-state index contributed by atoms with van der Waals surface area (Å²) in [5.74, 6) is -0.398. The van der Waals surface area contributed by atoms with Crippen LogP contribution >= 0.6 is 11.3 Å². The van der Waals surface area contributed by atoms with Gasteiger partial charge in [-0.2, -0.15) is 0 Å². The second-order valence-electron chi connectivity index (χ2n) is 9.21. The third-order valence-electron chi connectivity index (χ3n) is 7.05. The molecule has 0 unspecified atom stereocenters. The number of hydrogen-bond acceptors (Lipinski definition) is 5. The number of amides is 2. The molecule has 1 saturated heterocycles. The first-order chi connectivity index (χ1) is 17.2.